The van der Waals surface area contributed by atoms with Gasteiger partial charge in [0.15, 0.2) is 20.7 Å². The maximum absolute atomic E-state index is 11.3. The molecule has 0 aromatic rings. The van der Waals surface area contributed by atoms with Crippen LogP contribution in [0, 0.1) is 0 Å². The van der Waals surface area contributed by atoms with Gasteiger partial charge in [0.05, 0.1) is 12.2 Å². The first-order valence-corrected chi connectivity index (χ1v) is 10.5. The molecule has 2 unspecified atom stereocenters. The van der Waals surface area contributed by atoms with Gasteiger partial charge in [0, 0.05) is 11.8 Å². The van der Waals surface area contributed by atoms with Gasteiger partial charge in [-0.3, -0.25) is 4.79 Å². The predicted octanol–water partition coefficient (Wildman–Crippen LogP) is 2.72. The Morgan fingerprint density at radius 3 is 2.35 bits per heavy atom. The molecule has 0 aromatic heterocycles. The standard InChI is InChI=1S/C14H27N3O5Si/c1-8-11(22-23(6,7)14(3,4)5)10(16-17-15)12(13(19)20-8)21-9(2)18/h8,10-13,19H,1-7H3/t8-,10+,11-,12?,13?/m1/s1. The number of carbonyl (C=O) groups excluding carboxylic acids is 1. The van der Waals surface area contributed by atoms with Gasteiger partial charge in [0.1, 0.15) is 6.04 Å². The molecule has 0 radical (unpaired) electrons. The average molecular weight is 345 g/mol. The van der Waals surface area contributed by atoms with E-state index in [0.29, 0.717) is 0 Å². The highest BCUT2D eigenvalue weighted by Crippen LogP contribution is 2.40. The van der Waals surface area contributed by atoms with Crippen molar-refractivity contribution in [2.75, 3.05) is 0 Å². The second-order valence-electron chi connectivity index (χ2n) is 7.34. The molecule has 1 heterocycles. The molecule has 1 aliphatic rings. The van der Waals surface area contributed by atoms with Gasteiger partial charge in [-0.25, -0.2) is 0 Å². The van der Waals surface area contributed by atoms with Gasteiger partial charge in [-0.2, -0.15) is 0 Å². The summed E-state index contributed by atoms with van der Waals surface area (Å²) in [6.07, 6.45) is -3.54. The molecule has 23 heavy (non-hydrogen) atoms. The van der Waals surface area contributed by atoms with Gasteiger partial charge < -0.3 is 19.0 Å². The van der Waals surface area contributed by atoms with Crippen LogP contribution in [0.5, 0.6) is 0 Å². The van der Waals surface area contributed by atoms with Crippen LogP contribution in [0.15, 0.2) is 5.11 Å². The number of hydrogen-bond acceptors (Lipinski definition) is 6. The van der Waals surface area contributed by atoms with Crippen LogP contribution in [-0.2, 0) is 18.7 Å². The third-order valence-corrected chi connectivity index (χ3v) is 8.97. The Morgan fingerprint density at radius 1 is 1.35 bits per heavy atom. The Bertz CT molecular complexity index is 487. The fourth-order valence-corrected chi connectivity index (χ4v) is 3.57. The molecule has 1 aliphatic heterocycles. The summed E-state index contributed by atoms with van der Waals surface area (Å²) in [5.74, 6) is -0.587. The summed E-state index contributed by atoms with van der Waals surface area (Å²) in [5, 5.41) is 13.7. The summed E-state index contributed by atoms with van der Waals surface area (Å²) in [6.45, 7) is 13.4. The van der Waals surface area contributed by atoms with Crippen LogP contribution in [0.2, 0.25) is 18.1 Å². The van der Waals surface area contributed by atoms with Crippen molar-refractivity contribution in [3.63, 3.8) is 0 Å². The molecule has 1 N–H and O–H groups in total. The van der Waals surface area contributed by atoms with E-state index in [1.54, 1.807) is 6.92 Å². The molecule has 0 amide bonds. The number of ether oxygens (including phenoxy) is 2. The van der Waals surface area contributed by atoms with E-state index in [1.807, 2.05) is 0 Å². The van der Waals surface area contributed by atoms with Crippen LogP contribution in [0.3, 0.4) is 0 Å². The van der Waals surface area contributed by atoms with Crippen molar-refractivity contribution in [1.29, 1.82) is 0 Å². The van der Waals surface area contributed by atoms with Crippen molar-refractivity contribution in [3.05, 3.63) is 10.4 Å². The summed E-state index contributed by atoms with van der Waals surface area (Å²) in [6, 6.07) is -0.850. The number of azide groups is 1. The number of aliphatic hydroxyl groups excluding tert-OH is 1. The number of carbonyl (C=O) groups is 1. The van der Waals surface area contributed by atoms with E-state index >= 15 is 0 Å². The number of esters is 1. The molecule has 0 aliphatic carbocycles. The van der Waals surface area contributed by atoms with Gasteiger partial charge in [-0.15, -0.1) is 0 Å². The van der Waals surface area contributed by atoms with Gasteiger partial charge in [0.2, 0.25) is 0 Å². The third kappa shape index (κ3) is 4.68. The molecule has 8 nitrogen and oxygen atoms in total. The highest BCUT2D eigenvalue weighted by atomic mass is 28.4. The SMILES string of the molecule is CC(=O)OC1C(O)O[C@H](C)[C@@H](O[Si](C)(C)C(C)(C)C)[C@@H]1N=[N+]=[N-]. The van der Waals surface area contributed by atoms with Crippen LogP contribution < -0.4 is 0 Å². The molecule has 0 spiro atoms. The quantitative estimate of drug-likeness (QED) is 0.277. The first-order valence-electron chi connectivity index (χ1n) is 7.63. The zero-order valence-electron chi connectivity index (χ0n) is 14.8. The summed E-state index contributed by atoms with van der Waals surface area (Å²) < 4.78 is 16.9. The molecular weight excluding hydrogens is 318 g/mol. The molecule has 1 fully saturated rings. The van der Waals surface area contributed by atoms with E-state index in [4.69, 9.17) is 19.4 Å². The minimum atomic E-state index is -2.18. The first kappa shape index (κ1) is 19.9. The second-order valence-corrected chi connectivity index (χ2v) is 12.1. The largest absolute Gasteiger partial charge is 0.457 e. The molecule has 5 atom stereocenters. The molecular formula is C14H27N3O5Si. The lowest BCUT2D eigenvalue weighted by atomic mass is 9.97. The zero-order chi connectivity index (χ0) is 18.0. The summed E-state index contributed by atoms with van der Waals surface area (Å²) in [7, 11) is -2.18. The van der Waals surface area contributed by atoms with Crippen LogP contribution in [0.25, 0.3) is 10.4 Å². The molecule has 0 aromatic carbocycles. The highest BCUT2D eigenvalue weighted by molar-refractivity contribution is 6.74. The van der Waals surface area contributed by atoms with E-state index in [0.717, 1.165) is 0 Å². The van der Waals surface area contributed by atoms with E-state index in [9.17, 15) is 9.90 Å². The fraction of sp³-hybridized carbons (Fsp3) is 0.929. The second kappa shape index (κ2) is 7.19. The monoisotopic (exact) mass is 345 g/mol. The molecule has 1 rings (SSSR count). The normalized spacial score (nSPS) is 32.1. The number of aliphatic hydroxyl groups is 1. The van der Waals surface area contributed by atoms with E-state index in [-0.39, 0.29) is 5.04 Å². The summed E-state index contributed by atoms with van der Waals surface area (Å²) in [4.78, 5) is 14.1. The van der Waals surface area contributed by atoms with Crippen molar-refractivity contribution in [1.82, 2.24) is 0 Å². The highest BCUT2D eigenvalue weighted by Gasteiger charge is 2.50. The Hall–Kier alpha value is -1.12. The summed E-state index contributed by atoms with van der Waals surface area (Å²) in [5.41, 5.74) is 8.87. The van der Waals surface area contributed by atoms with Crippen molar-refractivity contribution in [2.24, 2.45) is 5.11 Å². The number of nitrogens with zero attached hydrogens (tertiary/aromatic N) is 3. The smallest absolute Gasteiger partial charge is 0.303 e. The fourth-order valence-electron chi connectivity index (χ4n) is 2.20. The van der Waals surface area contributed by atoms with Crippen LogP contribution >= 0.6 is 0 Å². The average Bonchev–Trinajstić information content (AvgIpc) is 2.37. The van der Waals surface area contributed by atoms with Crippen molar-refractivity contribution in [2.45, 2.75) is 83.4 Å². The van der Waals surface area contributed by atoms with E-state index < -0.39 is 44.9 Å². The Labute approximate surface area is 137 Å². The van der Waals surface area contributed by atoms with Crippen LogP contribution in [-0.4, -0.2) is 50.0 Å². The lowest BCUT2D eigenvalue weighted by Gasteiger charge is -2.47. The van der Waals surface area contributed by atoms with Gasteiger partial charge in [-0.1, -0.05) is 25.9 Å². The molecule has 1 saturated heterocycles. The Balaban J connectivity index is 3.15. The summed E-state index contributed by atoms with van der Waals surface area (Å²) >= 11 is 0. The molecule has 132 valence electrons. The number of hydrogen-bond donors (Lipinski definition) is 1. The van der Waals surface area contributed by atoms with Crippen LogP contribution in [0.1, 0.15) is 34.6 Å². The predicted molar refractivity (Wildman–Crippen MR) is 87.1 cm³/mol. The van der Waals surface area contributed by atoms with E-state index in [2.05, 4.69) is 43.9 Å². The van der Waals surface area contributed by atoms with Crippen molar-refractivity contribution >= 4 is 14.3 Å². The maximum Gasteiger partial charge on any atom is 0.303 e. The molecule has 0 bridgehead atoms. The van der Waals surface area contributed by atoms with E-state index in [1.165, 1.54) is 6.92 Å². The first-order chi connectivity index (χ1) is 10.4. The lowest BCUT2D eigenvalue weighted by molar-refractivity contribution is -0.252. The molecule has 9 heteroatoms. The van der Waals surface area contributed by atoms with Gasteiger partial charge in [0.25, 0.3) is 0 Å². The lowest BCUT2D eigenvalue weighted by Crippen LogP contribution is -2.61. The topological polar surface area (TPSA) is 114 Å². The zero-order valence-corrected chi connectivity index (χ0v) is 15.8. The maximum atomic E-state index is 11.3. The molecule has 0 saturated carbocycles. The Kier molecular flexibility index (Phi) is 6.23. The van der Waals surface area contributed by atoms with Crippen LogP contribution in [0.4, 0.5) is 0 Å². The van der Waals surface area contributed by atoms with Crippen molar-refractivity contribution < 1.29 is 23.8 Å². The van der Waals surface area contributed by atoms with Gasteiger partial charge in [-0.05, 0) is 30.6 Å². The minimum absolute atomic E-state index is 0.0549. The Morgan fingerprint density at radius 2 is 1.91 bits per heavy atom. The minimum Gasteiger partial charge on any atom is -0.457 e. The number of rotatable bonds is 4. The van der Waals surface area contributed by atoms with Crippen molar-refractivity contribution in [3.8, 4) is 0 Å². The third-order valence-electron chi connectivity index (χ3n) is 4.49. The van der Waals surface area contributed by atoms with Gasteiger partial charge >= 0.3 is 5.97 Å².